The molecule has 0 saturated heterocycles. The van der Waals surface area contributed by atoms with Gasteiger partial charge in [0.05, 0.1) is 13.2 Å². The van der Waals surface area contributed by atoms with E-state index in [-0.39, 0.29) is 12.2 Å². The fourth-order valence-electron chi connectivity index (χ4n) is 2.33. The van der Waals surface area contributed by atoms with Crippen LogP contribution in [0, 0.1) is 5.82 Å². The van der Waals surface area contributed by atoms with E-state index >= 15 is 0 Å². The first-order chi connectivity index (χ1) is 11.9. The topological polar surface area (TPSA) is 107 Å². The summed E-state index contributed by atoms with van der Waals surface area (Å²) in [4.78, 5) is 24.0. The molecule has 0 aliphatic carbocycles. The van der Waals surface area contributed by atoms with E-state index in [9.17, 15) is 14.0 Å². The maximum Gasteiger partial charge on any atom is 0.244 e. The van der Waals surface area contributed by atoms with Crippen LogP contribution >= 0.6 is 0 Å². The van der Waals surface area contributed by atoms with Gasteiger partial charge in [-0.25, -0.2) is 4.39 Å². The molecule has 7 heteroatoms. The van der Waals surface area contributed by atoms with Crippen LogP contribution in [0.1, 0.15) is 17.2 Å². The van der Waals surface area contributed by atoms with Crippen molar-refractivity contribution in [3.8, 4) is 5.75 Å². The zero-order chi connectivity index (χ0) is 18.4. The van der Waals surface area contributed by atoms with Crippen molar-refractivity contribution in [2.75, 3.05) is 7.11 Å². The van der Waals surface area contributed by atoms with Crippen LogP contribution in [0.25, 0.3) is 0 Å². The van der Waals surface area contributed by atoms with Crippen LogP contribution in [0.5, 0.6) is 5.75 Å². The predicted molar refractivity (Wildman–Crippen MR) is 91.2 cm³/mol. The van der Waals surface area contributed by atoms with Crippen molar-refractivity contribution in [3.05, 3.63) is 65.5 Å². The molecular weight excluding hydrogens is 325 g/mol. The Labute approximate surface area is 145 Å². The Hall–Kier alpha value is -2.93. The lowest BCUT2D eigenvalue weighted by Crippen LogP contribution is -2.46. The van der Waals surface area contributed by atoms with Gasteiger partial charge in [-0.3, -0.25) is 9.59 Å². The minimum Gasteiger partial charge on any atom is -0.497 e. The molecule has 1 unspecified atom stereocenters. The van der Waals surface area contributed by atoms with Crippen molar-refractivity contribution in [2.45, 2.75) is 18.5 Å². The van der Waals surface area contributed by atoms with E-state index in [4.69, 9.17) is 16.2 Å². The molecule has 2 aromatic carbocycles. The van der Waals surface area contributed by atoms with Crippen molar-refractivity contribution >= 4 is 11.8 Å². The summed E-state index contributed by atoms with van der Waals surface area (Å²) in [7, 11) is 1.52. The largest absolute Gasteiger partial charge is 0.497 e. The zero-order valence-corrected chi connectivity index (χ0v) is 13.7. The molecule has 5 N–H and O–H groups in total. The average Bonchev–Trinajstić information content (AvgIpc) is 2.61. The second-order valence-electron chi connectivity index (χ2n) is 5.55. The number of primary amides is 1. The second kappa shape index (κ2) is 8.25. The Morgan fingerprint density at radius 2 is 1.72 bits per heavy atom. The normalized spacial score (nSPS) is 12.9. The molecular formula is C18H20FN3O3. The molecule has 132 valence electrons. The number of ether oxygens (including phenoxy) is 1. The number of amides is 2. The fraction of sp³-hybridized carbons (Fsp3) is 0.222. The molecule has 0 bridgehead atoms. The zero-order valence-electron chi connectivity index (χ0n) is 13.7. The van der Waals surface area contributed by atoms with Gasteiger partial charge in [-0.15, -0.1) is 0 Å². The highest BCUT2D eigenvalue weighted by molar-refractivity contribution is 5.89. The van der Waals surface area contributed by atoms with Crippen molar-refractivity contribution in [2.24, 2.45) is 11.5 Å². The molecule has 0 aliphatic rings. The van der Waals surface area contributed by atoms with Crippen LogP contribution in [0.15, 0.2) is 48.5 Å². The number of methoxy groups -OCH3 is 1. The number of hydrogen-bond donors (Lipinski definition) is 3. The van der Waals surface area contributed by atoms with Gasteiger partial charge in [-0.2, -0.15) is 0 Å². The third kappa shape index (κ3) is 5.02. The van der Waals surface area contributed by atoms with Gasteiger partial charge in [0, 0.05) is 0 Å². The minimum absolute atomic E-state index is 0.209. The summed E-state index contributed by atoms with van der Waals surface area (Å²) < 4.78 is 18.0. The second-order valence-corrected chi connectivity index (χ2v) is 5.55. The van der Waals surface area contributed by atoms with Gasteiger partial charge in [0.1, 0.15) is 17.6 Å². The Morgan fingerprint density at radius 3 is 2.24 bits per heavy atom. The SMILES string of the molecule is COc1ccc([C@H](NC(=O)C(N)Cc2ccc(F)cc2)C(N)=O)cc1. The van der Waals surface area contributed by atoms with Crippen LogP contribution in [0.2, 0.25) is 0 Å². The number of benzene rings is 2. The first-order valence-corrected chi connectivity index (χ1v) is 7.64. The van der Waals surface area contributed by atoms with Gasteiger partial charge < -0.3 is 21.5 Å². The molecule has 25 heavy (non-hydrogen) atoms. The molecule has 0 spiro atoms. The summed E-state index contributed by atoms with van der Waals surface area (Å²) in [6, 6.07) is 10.4. The van der Waals surface area contributed by atoms with Crippen molar-refractivity contribution in [1.82, 2.24) is 5.32 Å². The molecule has 0 aliphatic heterocycles. The van der Waals surface area contributed by atoms with E-state index in [1.165, 1.54) is 19.2 Å². The van der Waals surface area contributed by atoms with Crippen LogP contribution in [-0.4, -0.2) is 25.0 Å². The lowest BCUT2D eigenvalue weighted by molar-refractivity contribution is -0.128. The summed E-state index contributed by atoms with van der Waals surface area (Å²) >= 11 is 0. The summed E-state index contributed by atoms with van der Waals surface area (Å²) in [6.45, 7) is 0. The molecule has 2 amide bonds. The van der Waals surface area contributed by atoms with Crippen molar-refractivity contribution < 1.29 is 18.7 Å². The number of carbonyl (C=O) groups is 2. The molecule has 0 radical (unpaired) electrons. The van der Waals surface area contributed by atoms with Crippen molar-refractivity contribution in [1.29, 1.82) is 0 Å². The molecule has 2 atom stereocenters. The fourth-order valence-corrected chi connectivity index (χ4v) is 2.33. The molecule has 0 fully saturated rings. The maximum atomic E-state index is 12.9. The molecule has 2 aromatic rings. The highest BCUT2D eigenvalue weighted by Gasteiger charge is 2.23. The van der Waals surface area contributed by atoms with Crippen LogP contribution in [0.3, 0.4) is 0 Å². The van der Waals surface area contributed by atoms with Crippen molar-refractivity contribution in [3.63, 3.8) is 0 Å². The molecule has 0 saturated carbocycles. The van der Waals surface area contributed by atoms with E-state index < -0.39 is 23.9 Å². The first kappa shape index (κ1) is 18.4. The third-order valence-corrected chi connectivity index (χ3v) is 3.73. The Bertz CT molecular complexity index is 732. The standard InChI is InChI=1S/C18H20FN3O3/c1-25-14-8-4-12(5-9-14)16(17(21)23)22-18(24)15(20)10-11-2-6-13(19)7-3-11/h2-9,15-16H,10,20H2,1H3,(H2,21,23)(H,22,24)/t15?,16-/m0/s1. The molecule has 0 aromatic heterocycles. The highest BCUT2D eigenvalue weighted by atomic mass is 19.1. The third-order valence-electron chi connectivity index (χ3n) is 3.73. The van der Waals surface area contributed by atoms with E-state index in [1.807, 2.05) is 0 Å². The number of nitrogens with one attached hydrogen (secondary N) is 1. The number of nitrogens with two attached hydrogens (primary N) is 2. The summed E-state index contributed by atoms with van der Waals surface area (Å²) in [5.74, 6) is -0.974. The lowest BCUT2D eigenvalue weighted by atomic mass is 10.0. The Balaban J connectivity index is 2.05. The quantitative estimate of drug-likeness (QED) is 0.697. The van der Waals surface area contributed by atoms with Crippen LogP contribution < -0.4 is 21.5 Å². The minimum atomic E-state index is -1.00. The van der Waals surface area contributed by atoms with Gasteiger partial charge in [0.2, 0.25) is 11.8 Å². The Morgan fingerprint density at radius 1 is 1.12 bits per heavy atom. The van der Waals surface area contributed by atoms with E-state index in [2.05, 4.69) is 5.32 Å². The molecule has 6 nitrogen and oxygen atoms in total. The summed E-state index contributed by atoms with van der Waals surface area (Å²) in [5, 5.41) is 2.55. The van der Waals surface area contributed by atoms with E-state index in [0.717, 1.165) is 0 Å². The molecule has 0 heterocycles. The Kier molecular flexibility index (Phi) is 6.08. The maximum absolute atomic E-state index is 12.9. The van der Waals surface area contributed by atoms with Gasteiger partial charge in [0.15, 0.2) is 0 Å². The van der Waals surface area contributed by atoms with E-state index in [0.29, 0.717) is 16.9 Å². The van der Waals surface area contributed by atoms with Gasteiger partial charge in [-0.05, 0) is 41.8 Å². The smallest absolute Gasteiger partial charge is 0.244 e. The number of carbonyl (C=O) groups excluding carboxylic acids is 2. The number of rotatable bonds is 7. The van der Waals surface area contributed by atoms with Crippen LogP contribution in [0.4, 0.5) is 4.39 Å². The molecule has 2 rings (SSSR count). The average molecular weight is 345 g/mol. The number of hydrogen-bond acceptors (Lipinski definition) is 4. The van der Waals surface area contributed by atoms with Gasteiger partial charge >= 0.3 is 0 Å². The van der Waals surface area contributed by atoms with Gasteiger partial charge in [-0.1, -0.05) is 24.3 Å². The summed E-state index contributed by atoms with van der Waals surface area (Å²) in [6.07, 6.45) is 0.209. The highest BCUT2D eigenvalue weighted by Crippen LogP contribution is 2.18. The van der Waals surface area contributed by atoms with Crippen LogP contribution in [-0.2, 0) is 16.0 Å². The summed E-state index contributed by atoms with van der Waals surface area (Å²) in [5.41, 5.74) is 12.5. The first-order valence-electron chi connectivity index (χ1n) is 7.64. The predicted octanol–water partition coefficient (Wildman–Crippen LogP) is 1.05. The number of halogens is 1. The van der Waals surface area contributed by atoms with Gasteiger partial charge in [0.25, 0.3) is 0 Å². The van der Waals surface area contributed by atoms with E-state index in [1.54, 1.807) is 36.4 Å². The lowest BCUT2D eigenvalue weighted by Gasteiger charge is -2.19. The monoisotopic (exact) mass is 345 g/mol.